The topological polar surface area (TPSA) is 62.2 Å². The molecule has 2 aromatic rings. The molecule has 4 nitrogen and oxygen atoms in total. The van der Waals surface area contributed by atoms with E-state index in [1.807, 2.05) is 31.2 Å². The van der Waals surface area contributed by atoms with Crippen molar-refractivity contribution in [1.82, 2.24) is 10.3 Å². The number of nitrogens with one attached hydrogen (secondary N) is 1. The molecule has 0 saturated heterocycles. The first-order valence-corrected chi connectivity index (χ1v) is 6.24. The van der Waals surface area contributed by atoms with Gasteiger partial charge in [-0.2, -0.15) is 0 Å². The highest BCUT2D eigenvalue weighted by Gasteiger charge is 2.16. The van der Waals surface area contributed by atoms with Gasteiger partial charge in [0, 0.05) is 17.6 Å². The van der Waals surface area contributed by atoms with Gasteiger partial charge in [0.15, 0.2) is 0 Å². The average molecular weight is 258 g/mol. The molecule has 1 aromatic carbocycles. The van der Waals surface area contributed by atoms with Gasteiger partial charge in [-0.05, 0) is 32.9 Å². The summed E-state index contributed by atoms with van der Waals surface area (Å²) in [6, 6.07) is 9.30. The van der Waals surface area contributed by atoms with Crippen molar-refractivity contribution in [3.8, 4) is 0 Å². The third-order valence-electron chi connectivity index (χ3n) is 2.77. The Balaban J connectivity index is 2.36. The van der Waals surface area contributed by atoms with Crippen LogP contribution < -0.4 is 5.32 Å². The van der Waals surface area contributed by atoms with Gasteiger partial charge in [-0.3, -0.25) is 9.78 Å². The molecular formula is C15H18N2O2. The average Bonchev–Trinajstić information content (AvgIpc) is 2.34. The van der Waals surface area contributed by atoms with Crippen LogP contribution in [0.1, 0.15) is 29.9 Å². The Bertz CT molecular complexity index is 615. The summed E-state index contributed by atoms with van der Waals surface area (Å²) in [5, 5.41) is 13.2. The molecule has 4 heteroatoms. The van der Waals surface area contributed by atoms with Gasteiger partial charge in [0.25, 0.3) is 5.91 Å². The number of nitrogens with zero attached hydrogens (tertiary/aromatic N) is 1. The second-order valence-corrected chi connectivity index (χ2v) is 5.32. The molecule has 1 aromatic heterocycles. The molecule has 0 fully saturated rings. The van der Waals surface area contributed by atoms with E-state index in [1.165, 1.54) is 0 Å². The molecule has 19 heavy (non-hydrogen) atoms. The van der Waals surface area contributed by atoms with Crippen molar-refractivity contribution in [2.45, 2.75) is 26.4 Å². The SMILES string of the molecule is Cc1cc(C(=O)NCC(C)(C)O)c2ccccc2n1. The van der Waals surface area contributed by atoms with E-state index in [9.17, 15) is 9.90 Å². The zero-order valence-electron chi connectivity index (χ0n) is 11.4. The molecule has 0 radical (unpaired) electrons. The van der Waals surface area contributed by atoms with Crippen molar-refractivity contribution in [1.29, 1.82) is 0 Å². The maximum absolute atomic E-state index is 12.2. The number of fused-ring (bicyclic) bond motifs is 1. The predicted molar refractivity (Wildman–Crippen MR) is 75.1 cm³/mol. The molecule has 0 aliphatic carbocycles. The van der Waals surface area contributed by atoms with Crippen molar-refractivity contribution in [2.75, 3.05) is 6.54 Å². The van der Waals surface area contributed by atoms with Crippen LogP contribution in [0.25, 0.3) is 10.9 Å². The Morgan fingerprint density at radius 3 is 2.74 bits per heavy atom. The van der Waals surface area contributed by atoms with E-state index >= 15 is 0 Å². The van der Waals surface area contributed by atoms with Crippen LogP contribution in [-0.2, 0) is 0 Å². The van der Waals surface area contributed by atoms with Gasteiger partial charge in [-0.1, -0.05) is 18.2 Å². The summed E-state index contributed by atoms with van der Waals surface area (Å²) in [6.07, 6.45) is 0. The number of para-hydroxylation sites is 1. The molecule has 1 heterocycles. The number of amides is 1. The Hall–Kier alpha value is -1.94. The van der Waals surface area contributed by atoms with Gasteiger partial charge < -0.3 is 10.4 Å². The summed E-state index contributed by atoms with van der Waals surface area (Å²) in [7, 11) is 0. The Morgan fingerprint density at radius 2 is 2.05 bits per heavy atom. The molecule has 0 aliphatic heterocycles. The maximum atomic E-state index is 12.2. The molecule has 0 unspecified atom stereocenters. The van der Waals surface area contributed by atoms with E-state index in [2.05, 4.69) is 10.3 Å². The zero-order valence-corrected chi connectivity index (χ0v) is 11.4. The Labute approximate surface area is 112 Å². The lowest BCUT2D eigenvalue weighted by Crippen LogP contribution is -2.38. The maximum Gasteiger partial charge on any atom is 0.252 e. The lowest BCUT2D eigenvalue weighted by atomic mass is 10.1. The first-order chi connectivity index (χ1) is 8.87. The number of hydrogen-bond donors (Lipinski definition) is 2. The second kappa shape index (κ2) is 4.97. The van der Waals surface area contributed by atoms with Crippen LogP contribution in [0.4, 0.5) is 0 Å². The predicted octanol–water partition coefficient (Wildman–Crippen LogP) is 2.04. The molecule has 100 valence electrons. The number of rotatable bonds is 3. The Kier molecular flexibility index (Phi) is 3.53. The molecule has 1 amide bonds. The number of carbonyl (C=O) groups excluding carboxylic acids is 1. The van der Waals surface area contributed by atoms with Gasteiger partial charge in [0.2, 0.25) is 0 Å². The highest BCUT2D eigenvalue weighted by Crippen LogP contribution is 2.18. The number of benzene rings is 1. The third kappa shape index (κ3) is 3.29. The minimum absolute atomic E-state index is 0.191. The fourth-order valence-corrected chi connectivity index (χ4v) is 1.89. The number of aromatic nitrogens is 1. The van der Waals surface area contributed by atoms with Crippen molar-refractivity contribution < 1.29 is 9.90 Å². The summed E-state index contributed by atoms with van der Waals surface area (Å²) in [4.78, 5) is 16.6. The van der Waals surface area contributed by atoms with Crippen LogP contribution in [0, 0.1) is 6.92 Å². The molecule has 0 aliphatic rings. The molecule has 2 N–H and O–H groups in total. The summed E-state index contributed by atoms with van der Waals surface area (Å²) < 4.78 is 0. The Morgan fingerprint density at radius 1 is 1.37 bits per heavy atom. The summed E-state index contributed by atoms with van der Waals surface area (Å²) >= 11 is 0. The van der Waals surface area contributed by atoms with Crippen molar-refractivity contribution in [3.05, 3.63) is 41.6 Å². The zero-order chi connectivity index (χ0) is 14.0. The third-order valence-corrected chi connectivity index (χ3v) is 2.77. The summed E-state index contributed by atoms with van der Waals surface area (Å²) in [5.74, 6) is -0.191. The van der Waals surface area contributed by atoms with Crippen LogP contribution in [-0.4, -0.2) is 28.1 Å². The molecule has 0 atom stereocenters. The van der Waals surface area contributed by atoms with E-state index in [4.69, 9.17) is 0 Å². The standard InChI is InChI=1S/C15H18N2O2/c1-10-8-12(14(18)16-9-15(2,3)19)11-6-4-5-7-13(11)17-10/h4-8,19H,9H2,1-3H3,(H,16,18). The smallest absolute Gasteiger partial charge is 0.252 e. The normalized spacial score (nSPS) is 11.6. The lowest BCUT2D eigenvalue weighted by Gasteiger charge is -2.18. The molecule has 2 rings (SSSR count). The number of pyridine rings is 1. The first-order valence-electron chi connectivity index (χ1n) is 6.24. The van der Waals surface area contributed by atoms with E-state index in [1.54, 1.807) is 19.9 Å². The second-order valence-electron chi connectivity index (χ2n) is 5.32. The van der Waals surface area contributed by atoms with E-state index in [0.717, 1.165) is 16.6 Å². The van der Waals surface area contributed by atoms with E-state index in [-0.39, 0.29) is 12.5 Å². The van der Waals surface area contributed by atoms with Gasteiger partial charge in [0.1, 0.15) is 0 Å². The highest BCUT2D eigenvalue weighted by atomic mass is 16.3. The van der Waals surface area contributed by atoms with Crippen LogP contribution in [0.15, 0.2) is 30.3 Å². The minimum Gasteiger partial charge on any atom is -0.389 e. The lowest BCUT2D eigenvalue weighted by molar-refractivity contribution is 0.0695. The van der Waals surface area contributed by atoms with Crippen LogP contribution in [0.5, 0.6) is 0 Å². The molecule has 0 bridgehead atoms. The van der Waals surface area contributed by atoms with E-state index < -0.39 is 5.60 Å². The van der Waals surface area contributed by atoms with Gasteiger partial charge >= 0.3 is 0 Å². The van der Waals surface area contributed by atoms with Crippen LogP contribution in [0.3, 0.4) is 0 Å². The summed E-state index contributed by atoms with van der Waals surface area (Å²) in [6.45, 7) is 5.38. The number of carbonyl (C=O) groups is 1. The molecule has 0 spiro atoms. The highest BCUT2D eigenvalue weighted by molar-refractivity contribution is 6.06. The largest absolute Gasteiger partial charge is 0.389 e. The van der Waals surface area contributed by atoms with E-state index in [0.29, 0.717) is 5.56 Å². The molecule has 0 saturated carbocycles. The van der Waals surface area contributed by atoms with Crippen molar-refractivity contribution in [2.24, 2.45) is 0 Å². The van der Waals surface area contributed by atoms with Gasteiger partial charge in [-0.25, -0.2) is 0 Å². The fourth-order valence-electron chi connectivity index (χ4n) is 1.89. The first kappa shape index (κ1) is 13.5. The van der Waals surface area contributed by atoms with Crippen LogP contribution in [0.2, 0.25) is 0 Å². The monoisotopic (exact) mass is 258 g/mol. The molecular weight excluding hydrogens is 240 g/mol. The number of hydrogen-bond acceptors (Lipinski definition) is 3. The quantitative estimate of drug-likeness (QED) is 0.885. The van der Waals surface area contributed by atoms with Gasteiger partial charge in [-0.15, -0.1) is 0 Å². The summed E-state index contributed by atoms with van der Waals surface area (Å²) in [5.41, 5.74) is 1.27. The fraction of sp³-hybridized carbons (Fsp3) is 0.333. The van der Waals surface area contributed by atoms with Gasteiger partial charge in [0.05, 0.1) is 16.7 Å². The number of aliphatic hydroxyl groups is 1. The number of aryl methyl sites for hydroxylation is 1. The minimum atomic E-state index is -0.923. The van der Waals surface area contributed by atoms with Crippen LogP contribution >= 0.6 is 0 Å². The van der Waals surface area contributed by atoms with Crippen molar-refractivity contribution >= 4 is 16.8 Å². The van der Waals surface area contributed by atoms with Crippen molar-refractivity contribution in [3.63, 3.8) is 0 Å².